The first-order valence-electron chi connectivity index (χ1n) is 11.9. The van der Waals surface area contributed by atoms with Crippen LogP contribution in [0.5, 0.6) is 5.75 Å². The molecule has 0 saturated carbocycles. The van der Waals surface area contributed by atoms with Crippen molar-refractivity contribution in [1.82, 2.24) is 15.1 Å². The number of aromatic nitrogens is 2. The van der Waals surface area contributed by atoms with Crippen LogP contribution in [0.1, 0.15) is 17.0 Å². The summed E-state index contributed by atoms with van der Waals surface area (Å²) < 4.78 is 5.45. The maximum atomic E-state index is 13.7. The Morgan fingerprint density at radius 2 is 1.34 bits per heavy atom. The Balaban J connectivity index is 1.28. The molecule has 1 saturated heterocycles. The van der Waals surface area contributed by atoms with Gasteiger partial charge in [0, 0.05) is 31.7 Å². The molecule has 0 atom stereocenters. The minimum absolute atomic E-state index is 0.139. The summed E-state index contributed by atoms with van der Waals surface area (Å²) in [6.07, 6.45) is 0. The highest BCUT2D eigenvalue weighted by Gasteiger charge is 2.30. The molecule has 1 fully saturated rings. The molecular formula is C29H28N4O2. The van der Waals surface area contributed by atoms with Crippen molar-refractivity contribution in [2.24, 2.45) is 0 Å². The van der Waals surface area contributed by atoms with Crippen LogP contribution in [-0.2, 0) is 4.79 Å². The number of rotatable bonds is 6. The minimum Gasteiger partial charge on any atom is -0.496 e. The molecule has 1 aromatic heterocycles. The number of benzene rings is 3. The molecule has 1 amide bonds. The number of piperazine rings is 1. The normalized spacial score (nSPS) is 13.7. The summed E-state index contributed by atoms with van der Waals surface area (Å²) in [4.78, 5) is 17.8. The van der Waals surface area contributed by atoms with Gasteiger partial charge >= 0.3 is 0 Å². The monoisotopic (exact) mass is 464 g/mol. The zero-order valence-corrected chi connectivity index (χ0v) is 19.7. The standard InChI is InChI=1S/C29H28N4O2/c1-35-26-15-9-8-14-24(26)25-16-17-27(31-30-25)32-18-20-33(21-19-32)29(34)28(22-10-4-2-5-11-22)23-12-6-3-7-13-23/h2-17,28H,18-21H2,1H3. The highest BCUT2D eigenvalue weighted by Crippen LogP contribution is 2.29. The summed E-state index contributed by atoms with van der Waals surface area (Å²) in [6, 6.07) is 31.8. The summed E-state index contributed by atoms with van der Waals surface area (Å²) in [5, 5.41) is 8.91. The lowest BCUT2D eigenvalue weighted by molar-refractivity contribution is -0.132. The van der Waals surface area contributed by atoms with E-state index >= 15 is 0 Å². The van der Waals surface area contributed by atoms with Crippen molar-refractivity contribution in [2.75, 3.05) is 38.2 Å². The van der Waals surface area contributed by atoms with Gasteiger partial charge in [0.1, 0.15) is 5.75 Å². The molecule has 3 aromatic carbocycles. The quantitative estimate of drug-likeness (QED) is 0.416. The van der Waals surface area contributed by atoms with Crippen molar-refractivity contribution in [1.29, 1.82) is 0 Å². The molecule has 176 valence electrons. The number of carbonyl (C=O) groups excluding carboxylic acids is 1. The summed E-state index contributed by atoms with van der Waals surface area (Å²) in [7, 11) is 1.65. The van der Waals surface area contributed by atoms with E-state index in [2.05, 4.69) is 15.1 Å². The first-order chi connectivity index (χ1) is 17.2. The van der Waals surface area contributed by atoms with Gasteiger partial charge in [0.15, 0.2) is 5.82 Å². The van der Waals surface area contributed by atoms with Gasteiger partial charge in [-0.15, -0.1) is 10.2 Å². The van der Waals surface area contributed by atoms with Gasteiger partial charge in [-0.25, -0.2) is 0 Å². The van der Waals surface area contributed by atoms with E-state index in [9.17, 15) is 4.79 Å². The maximum Gasteiger partial charge on any atom is 0.234 e. The lowest BCUT2D eigenvalue weighted by Crippen LogP contribution is -2.50. The van der Waals surface area contributed by atoms with Crippen molar-refractivity contribution in [3.8, 4) is 17.0 Å². The van der Waals surface area contributed by atoms with Crippen LogP contribution in [0, 0.1) is 0 Å². The zero-order valence-electron chi connectivity index (χ0n) is 19.7. The second-order valence-electron chi connectivity index (χ2n) is 8.54. The molecule has 6 heteroatoms. The third kappa shape index (κ3) is 4.87. The molecule has 1 aliphatic heterocycles. The number of methoxy groups -OCH3 is 1. The maximum absolute atomic E-state index is 13.7. The lowest BCUT2D eigenvalue weighted by atomic mass is 9.90. The molecule has 0 radical (unpaired) electrons. The van der Waals surface area contributed by atoms with Gasteiger partial charge in [0.2, 0.25) is 5.91 Å². The fraction of sp³-hybridized carbons (Fsp3) is 0.207. The first-order valence-corrected chi connectivity index (χ1v) is 11.9. The first kappa shape index (κ1) is 22.6. The van der Waals surface area contributed by atoms with E-state index in [4.69, 9.17) is 4.74 Å². The van der Waals surface area contributed by atoms with E-state index in [1.165, 1.54) is 0 Å². The van der Waals surface area contributed by atoms with Crippen LogP contribution in [0.4, 0.5) is 5.82 Å². The fourth-order valence-electron chi connectivity index (χ4n) is 4.60. The third-order valence-corrected chi connectivity index (χ3v) is 6.46. The topological polar surface area (TPSA) is 58.6 Å². The smallest absolute Gasteiger partial charge is 0.234 e. The van der Waals surface area contributed by atoms with Gasteiger partial charge in [0.05, 0.1) is 18.7 Å². The van der Waals surface area contributed by atoms with E-state index in [0.717, 1.165) is 34.0 Å². The van der Waals surface area contributed by atoms with Gasteiger partial charge in [-0.2, -0.15) is 0 Å². The number of hydrogen-bond acceptors (Lipinski definition) is 5. The third-order valence-electron chi connectivity index (χ3n) is 6.46. The van der Waals surface area contributed by atoms with Gasteiger partial charge in [-0.3, -0.25) is 4.79 Å². The van der Waals surface area contributed by atoms with E-state index in [1.807, 2.05) is 102 Å². The van der Waals surface area contributed by atoms with Gasteiger partial charge in [-0.05, 0) is 35.4 Å². The molecule has 0 unspecified atom stereocenters. The van der Waals surface area contributed by atoms with E-state index < -0.39 is 0 Å². The number of anilines is 1. The Labute approximate surface area is 205 Å². The Hall–Kier alpha value is -4.19. The van der Waals surface area contributed by atoms with Crippen LogP contribution in [0.25, 0.3) is 11.3 Å². The van der Waals surface area contributed by atoms with Crippen LogP contribution in [0.15, 0.2) is 97.1 Å². The van der Waals surface area contributed by atoms with Crippen molar-refractivity contribution in [3.05, 3.63) is 108 Å². The predicted octanol–water partition coefficient (Wildman–Crippen LogP) is 4.63. The summed E-state index contributed by atoms with van der Waals surface area (Å²) in [5.74, 6) is 1.43. The molecule has 0 aliphatic carbocycles. The minimum atomic E-state index is -0.302. The molecule has 5 rings (SSSR count). The number of carbonyl (C=O) groups is 1. The Bertz CT molecular complexity index is 1220. The molecule has 0 N–H and O–H groups in total. The number of para-hydroxylation sites is 1. The molecule has 2 heterocycles. The Kier molecular flexibility index (Phi) is 6.70. The molecule has 35 heavy (non-hydrogen) atoms. The largest absolute Gasteiger partial charge is 0.496 e. The van der Waals surface area contributed by atoms with Crippen LogP contribution in [0.2, 0.25) is 0 Å². The van der Waals surface area contributed by atoms with Crippen LogP contribution in [0.3, 0.4) is 0 Å². The Morgan fingerprint density at radius 3 is 1.91 bits per heavy atom. The average Bonchev–Trinajstić information content (AvgIpc) is 2.94. The second kappa shape index (κ2) is 10.4. The molecule has 6 nitrogen and oxygen atoms in total. The zero-order chi connectivity index (χ0) is 24.0. The van der Waals surface area contributed by atoms with Gasteiger partial charge in [-0.1, -0.05) is 72.8 Å². The number of hydrogen-bond donors (Lipinski definition) is 0. The summed E-state index contributed by atoms with van der Waals surface area (Å²) >= 11 is 0. The highest BCUT2D eigenvalue weighted by molar-refractivity contribution is 5.87. The van der Waals surface area contributed by atoms with Crippen LogP contribution >= 0.6 is 0 Å². The van der Waals surface area contributed by atoms with Crippen molar-refractivity contribution in [3.63, 3.8) is 0 Å². The van der Waals surface area contributed by atoms with Crippen molar-refractivity contribution < 1.29 is 9.53 Å². The average molecular weight is 465 g/mol. The SMILES string of the molecule is COc1ccccc1-c1ccc(N2CCN(C(=O)C(c3ccccc3)c3ccccc3)CC2)nn1. The Morgan fingerprint density at radius 1 is 0.743 bits per heavy atom. The van der Waals surface area contributed by atoms with E-state index in [1.54, 1.807) is 7.11 Å². The molecule has 1 aliphatic rings. The van der Waals surface area contributed by atoms with Gasteiger partial charge < -0.3 is 14.5 Å². The van der Waals surface area contributed by atoms with Crippen LogP contribution in [-0.4, -0.2) is 54.3 Å². The second-order valence-corrected chi connectivity index (χ2v) is 8.54. The highest BCUT2D eigenvalue weighted by atomic mass is 16.5. The van der Waals surface area contributed by atoms with Crippen molar-refractivity contribution >= 4 is 11.7 Å². The molecule has 0 spiro atoms. The van der Waals surface area contributed by atoms with Gasteiger partial charge in [0.25, 0.3) is 0 Å². The molecular weight excluding hydrogens is 436 g/mol. The van der Waals surface area contributed by atoms with E-state index in [0.29, 0.717) is 26.2 Å². The van der Waals surface area contributed by atoms with E-state index in [-0.39, 0.29) is 11.8 Å². The van der Waals surface area contributed by atoms with Crippen molar-refractivity contribution in [2.45, 2.75) is 5.92 Å². The number of amides is 1. The van der Waals surface area contributed by atoms with Crippen LogP contribution < -0.4 is 9.64 Å². The molecule has 0 bridgehead atoms. The number of ether oxygens (including phenoxy) is 1. The molecule has 4 aromatic rings. The summed E-state index contributed by atoms with van der Waals surface area (Å²) in [6.45, 7) is 2.71. The lowest BCUT2D eigenvalue weighted by Gasteiger charge is -2.37. The summed E-state index contributed by atoms with van der Waals surface area (Å²) in [5.41, 5.74) is 3.72. The predicted molar refractivity (Wildman–Crippen MR) is 138 cm³/mol. The number of nitrogens with zero attached hydrogens (tertiary/aromatic N) is 4. The fourth-order valence-corrected chi connectivity index (χ4v) is 4.60.